The van der Waals surface area contributed by atoms with Gasteiger partial charge in [0.1, 0.15) is 0 Å². The zero-order chi connectivity index (χ0) is 27.8. The maximum atomic E-state index is 11.8. The molecule has 2 aliphatic rings. The summed E-state index contributed by atoms with van der Waals surface area (Å²) in [6.45, 7) is 8.33. The largest absolute Gasteiger partial charge is 0.369 e. The summed E-state index contributed by atoms with van der Waals surface area (Å²) in [6.07, 6.45) is 0.524. The molecular formula is C25H38N6O5S2. The van der Waals surface area contributed by atoms with Crippen molar-refractivity contribution in [2.24, 2.45) is 0 Å². The molecule has 2 aliphatic heterocycles. The van der Waals surface area contributed by atoms with Crippen LogP contribution in [0.3, 0.4) is 0 Å². The van der Waals surface area contributed by atoms with E-state index in [0.717, 1.165) is 50.6 Å². The summed E-state index contributed by atoms with van der Waals surface area (Å²) in [5.41, 5.74) is 1.83. The lowest BCUT2D eigenvalue weighted by Crippen LogP contribution is -2.48. The Kier molecular flexibility index (Phi) is 10.5. The molecule has 0 bridgehead atoms. The van der Waals surface area contributed by atoms with Gasteiger partial charge in [-0.1, -0.05) is 19.1 Å². The molecule has 0 atom stereocenters. The standard InChI is InChI=1S/C14H21N3O3S.C11H17N3O2S/c1-3-14(18)17-9-7-16(8-10-17)12-5-4-6-13(11-12)21(19,20)15-2;1-12-17(15,16)11-4-2-3-10(9-11)14-7-5-13-6-8-14/h4-6,11,15H,3,7-10H2,1-2H3;2-4,9,12-13H,5-8H2,1H3. The Bertz CT molecular complexity index is 1290. The third-order valence-electron chi connectivity index (χ3n) is 6.58. The van der Waals surface area contributed by atoms with Crippen molar-refractivity contribution in [1.29, 1.82) is 0 Å². The average Bonchev–Trinajstić information content (AvgIpc) is 2.97. The van der Waals surface area contributed by atoms with Crippen LogP contribution in [0.25, 0.3) is 0 Å². The first-order valence-electron chi connectivity index (χ1n) is 12.7. The second kappa shape index (κ2) is 13.4. The van der Waals surface area contributed by atoms with Gasteiger partial charge in [0.05, 0.1) is 9.79 Å². The first kappa shape index (κ1) is 29.8. The predicted octanol–water partition coefficient (Wildman–Crippen LogP) is 0.658. The molecule has 3 N–H and O–H groups in total. The Balaban J connectivity index is 0.000000215. The molecule has 4 rings (SSSR count). The maximum Gasteiger partial charge on any atom is 0.240 e. The lowest BCUT2D eigenvalue weighted by molar-refractivity contribution is -0.131. The molecule has 2 aromatic carbocycles. The van der Waals surface area contributed by atoms with Crippen LogP contribution >= 0.6 is 0 Å². The summed E-state index contributed by atoms with van der Waals surface area (Å²) in [6, 6.07) is 13.9. The van der Waals surface area contributed by atoms with Gasteiger partial charge >= 0.3 is 0 Å². The van der Waals surface area contributed by atoms with Gasteiger partial charge in [0.2, 0.25) is 26.0 Å². The lowest BCUT2D eigenvalue weighted by atomic mass is 10.2. The SMILES string of the molecule is CCC(=O)N1CCN(c2cccc(S(=O)(=O)NC)c2)CC1.CNS(=O)(=O)c1cccc(N2CCNCC2)c1. The summed E-state index contributed by atoms with van der Waals surface area (Å²) >= 11 is 0. The van der Waals surface area contributed by atoms with E-state index in [4.69, 9.17) is 0 Å². The topological polar surface area (TPSA) is 131 Å². The zero-order valence-electron chi connectivity index (χ0n) is 22.2. The Labute approximate surface area is 226 Å². The quantitative estimate of drug-likeness (QED) is 0.446. The van der Waals surface area contributed by atoms with Gasteiger partial charge in [0.25, 0.3) is 0 Å². The molecule has 210 valence electrons. The van der Waals surface area contributed by atoms with Gasteiger partial charge in [0.15, 0.2) is 0 Å². The number of sulfonamides is 2. The smallest absolute Gasteiger partial charge is 0.240 e. The summed E-state index contributed by atoms with van der Waals surface area (Å²) < 4.78 is 51.7. The first-order chi connectivity index (χ1) is 18.1. The molecule has 0 radical (unpaired) electrons. The molecule has 0 aromatic heterocycles. The van der Waals surface area contributed by atoms with Crippen molar-refractivity contribution in [2.45, 2.75) is 23.1 Å². The van der Waals surface area contributed by atoms with Crippen LogP contribution in [0.5, 0.6) is 0 Å². The number of carbonyl (C=O) groups excluding carboxylic acids is 1. The summed E-state index contributed by atoms with van der Waals surface area (Å²) in [7, 11) is -3.96. The van der Waals surface area contributed by atoms with Crippen molar-refractivity contribution < 1.29 is 21.6 Å². The highest BCUT2D eigenvalue weighted by Gasteiger charge is 2.21. The molecular weight excluding hydrogens is 528 g/mol. The number of nitrogens with zero attached hydrogens (tertiary/aromatic N) is 3. The highest BCUT2D eigenvalue weighted by molar-refractivity contribution is 7.89. The molecule has 38 heavy (non-hydrogen) atoms. The van der Waals surface area contributed by atoms with Crippen LogP contribution in [0.1, 0.15) is 13.3 Å². The Morgan fingerprint density at radius 2 is 1.21 bits per heavy atom. The molecule has 1 amide bonds. The predicted molar refractivity (Wildman–Crippen MR) is 150 cm³/mol. The minimum absolute atomic E-state index is 0.168. The van der Waals surface area contributed by atoms with Crippen LogP contribution in [0, 0.1) is 0 Å². The van der Waals surface area contributed by atoms with Gasteiger partial charge < -0.3 is 20.0 Å². The molecule has 13 heteroatoms. The highest BCUT2D eigenvalue weighted by atomic mass is 32.2. The van der Waals surface area contributed by atoms with Crippen LogP contribution in [-0.4, -0.2) is 94.1 Å². The Morgan fingerprint density at radius 3 is 1.63 bits per heavy atom. The normalized spacial score (nSPS) is 16.6. The van der Waals surface area contributed by atoms with E-state index in [9.17, 15) is 21.6 Å². The van der Waals surface area contributed by atoms with E-state index in [1.807, 2.05) is 24.0 Å². The molecule has 0 aliphatic carbocycles. The van der Waals surface area contributed by atoms with Crippen LogP contribution < -0.4 is 24.6 Å². The molecule has 2 fully saturated rings. The van der Waals surface area contributed by atoms with Crippen molar-refractivity contribution in [3.8, 4) is 0 Å². The minimum atomic E-state index is -3.43. The van der Waals surface area contributed by atoms with Crippen molar-refractivity contribution in [1.82, 2.24) is 19.7 Å². The summed E-state index contributed by atoms with van der Waals surface area (Å²) in [4.78, 5) is 18.4. The number of carbonyl (C=O) groups is 1. The second-order valence-corrected chi connectivity index (χ2v) is 12.6. The lowest BCUT2D eigenvalue weighted by Gasteiger charge is -2.36. The van der Waals surface area contributed by atoms with Crippen molar-refractivity contribution in [3.63, 3.8) is 0 Å². The highest BCUT2D eigenvalue weighted by Crippen LogP contribution is 2.21. The van der Waals surface area contributed by atoms with E-state index in [2.05, 4.69) is 24.6 Å². The average molecular weight is 567 g/mol. The van der Waals surface area contributed by atoms with E-state index in [0.29, 0.717) is 24.4 Å². The second-order valence-electron chi connectivity index (χ2n) is 8.87. The van der Waals surface area contributed by atoms with Crippen LogP contribution in [0.4, 0.5) is 11.4 Å². The van der Waals surface area contributed by atoms with Crippen LogP contribution in [-0.2, 0) is 24.8 Å². The van der Waals surface area contributed by atoms with E-state index >= 15 is 0 Å². The molecule has 2 heterocycles. The zero-order valence-corrected chi connectivity index (χ0v) is 23.8. The number of piperazine rings is 2. The van der Waals surface area contributed by atoms with Gasteiger partial charge in [-0.3, -0.25) is 4.79 Å². The number of rotatable bonds is 7. The van der Waals surface area contributed by atoms with Gasteiger partial charge in [-0.25, -0.2) is 26.3 Å². The fourth-order valence-corrected chi connectivity index (χ4v) is 5.83. The van der Waals surface area contributed by atoms with Gasteiger partial charge in [0, 0.05) is 70.2 Å². The summed E-state index contributed by atoms with van der Waals surface area (Å²) in [5, 5.41) is 3.27. The van der Waals surface area contributed by atoms with Gasteiger partial charge in [-0.15, -0.1) is 0 Å². The number of benzene rings is 2. The molecule has 11 nitrogen and oxygen atoms in total. The minimum Gasteiger partial charge on any atom is -0.369 e. The summed E-state index contributed by atoms with van der Waals surface area (Å²) in [5.74, 6) is 0.168. The van der Waals surface area contributed by atoms with E-state index in [-0.39, 0.29) is 10.8 Å². The number of hydrogen-bond acceptors (Lipinski definition) is 8. The number of nitrogens with one attached hydrogen (secondary N) is 3. The third-order valence-corrected chi connectivity index (χ3v) is 9.40. The first-order valence-corrected chi connectivity index (χ1v) is 15.6. The van der Waals surface area contributed by atoms with E-state index in [1.54, 1.807) is 36.4 Å². The molecule has 0 unspecified atom stereocenters. The van der Waals surface area contributed by atoms with E-state index < -0.39 is 20.0 Å². The maximum absolute atomic E-state index is 11.8. The Hall–Kier alpha value is -2.71. The van der Waals surface area contributed by atoms with E-state index in [1.165, 1.54) is 14.1 Å². The number of hydrogen-bond donors (Lipinski definition) is 3. The number of anilines is 2. The Morgan fingerprint density at radius 1 is 0.763 bits per heavy atom. The van der Waals surface area contributed by atoms with Crippen LogP contribution in [0.2, 0.25) is 0 Å². The fourth-order valence-electron chi connectivity index (χ4n) is 4.29. The van der Waals surface area contributed by atoms with Gasteiger partial charge in [-0.2, -0.15) is 0 Å². The molecule has 0 spiro atoms. The molecule has 0 saturated carbocycles. The van der Waals surface area contributed by atoms with Crippen molar-refractivity contribution in [3.05, 3.63) is 48.5 Å². The van der Waals surface area contributed by atoms with Crippen molar-refractivity contribution >= 4 is 37.3 Å². The van der Waals surface area contributed by atoms with Crippen LogP contribution in [0.15, 0.2) is 58.3 Å². The number of amides is 1. The molecule has 2 aromatic rings. The van der Waals surface area contributed by atoms with Gasteiger partial charge in [-0.05, 0) is 50.5 Å². The molecule has 2 saturated heterocycles. The monoisotopic (exact) mass is 566 g/mol. The third kappa shape index (κ3) is 7.67. The van der Waals surface area contributed by atoms with Crippen molar-refractivity contribution in [2.75, 3.05) is 76.3 Å². The fraction of sp³-hybridized carbons (Fsp3) is 0.480.